The summed E-state index contributed by atoms with van der Waals surface area (Å²) in [6, 6.07) is 19.8. The Morgan fingerprint density at radius 2 is 1.46 bits per heavy atom. The van der Waals surface area contributed by atoms with E-state index in [-0.39, 0.29) is 23.8 Å². The summed E-state index contributed by atoms with van der Waals surface area (Å²) in [6.45, 7) is 1.78. The SMILES string of the molecule is NC(=O)C1CCN(CC(=O)NC(c2ccccc2)c2ccccc2)CC1. The molecule has 1 aliphatic heterocycles. The summed E-state index contributed by atoms with van der Waals surface area (Å²) in [4.78, 5) is 26.0. The van der Waals surface area contributed by atoms with Crippen molar-refractivity contribution in [3.05, 3.63) is 71.8 Å². The van der Waals surface area contributed by atoms with Crippen LogP contribution in [0.2, 0.25) is 0 Å². The van der Waals surface area contributed by atoms with Crippen LogP contribution in [0.1, 0.15) is 30.0 Å². The monoisotopic (exact) mass is 351 g/mol. The number of rotatable bonds is 6. The number of likely N-dealkylation sites (tertiary alicyclic amines) is 1. The Labute approximate surface area is 154 Å². The van der Waals surface area contributed by atoms with E-state index in [0.29, 0.717) is 6.54 Å². The fraction of sp³-hybridized carbons (Fsp3) is 0.333. The molecule has 1 fully saturated rings. The van der Waals surface area contributed by atoms with Gasteiger partial charge < -0.3 is 11.1 Å². The highest BCUT2D eigenvalue weighted by Gasteiger charge is 2.25. The van der Waals surface area contributed by atoms with Crippen molar-refractivity contribution in [2.24, 2.45) is 11.7 Å². The molecule has 2 aromatic carbocycles. The second-order valence-electron chi connectivity index (χ2n) is 6.77. The molecule has 0 spiro atoms. The molecule has 0 bridgehead atoms. The van der Waals surface area contributed by atoms with Crippen molar-refractivity contribution >= 4 is 11.8 Å². The van der Waals surface area contributed by atoms with Gasteiger partial charge in [0.1, 0.15) is 0 Å². The average molecular weight is 351 g/mol. The van der Waals surface area contributed by atoms with Crippen molar-refractivity contribution in [3.8, 4) is 0 Å². The van der Waals surface area contributed by atoms with E-state index in [1.807, 2.05) is 60.7 Å². The van der Waals surface area contributed by atoms with Crippen LogP contribution < -0.4 is 11.1 Å². The maximum Gasteiger partial charge on any atom is 0.234 e. The van der Waals surface area contributed by atoms with E-state index in [4.69, 9.17) is 5.73 Å². The van der Waals surface area contributed by atoms with E-state index in [0.717, 1.165) is 37.1 Å². The fourth-order valence-electron chi connectivity index (χ4n) is 3.44. The third-order valence-electron chi connectivity index (χ3n) is 4.93. The molecule has 1 saturated heterocycles. The van der Waals surface area contributed by atoms with Crippen molar-refractivity contribution in [1.82, 2.24) is 10.2 Å². The van der Waals surface area contributed by atoms with E-state index in [9.17, 15) is 9.59 Å². The highest BCUT2D eigenvalue weighted by molar-refractivity contribution is 5.79. The fourth-order valence-corrected chi connectivity index (χ4v) is 3.44. The molecule has 3 N–H and O–H groups in total. The van der Waals surface area contributed by atoms with Crippen LogP contribution in [-0.2, 0) is 9.59 Å². The molecule has 26 heavy (non-hydrogen) atoms. The molecule has 0 aromatic heterocycles. The lowest BCUT2D eigenvalue weighted by Crippen LogP contribution is -2.44. The molecule has 5 nitrogen and oxygen atoms in total. The molecule has 1 heterocycles. The number of nitrogens with zero attached hydrogens (tertiary/aromatic N) is 1. The zero-order chi connectivity index (χ0) is 18.4. The van der Waals surface area contributed by atoms with Crippen molar-refractivity contribution in [2.45, 2.75) is 18.9 Å². The number of amides is 2. The lowest BCUT2D eigenvalue weighted by atomic mass is 9.96. The average Bonchev–Trinajstić information content (AvgIpc) is 2.68. The summed E-state index contributed by atoms with van der Waals surface area (Å²) in [5.74, 6) is -0.307. The zero-order valence-electron chi connectivity index (χ0n) is 14.8. The number of carbonyl (C=O) groups excluding carboxylic acids is 2. The maximum atomic E-state index is 12.6. The summed E-state index contributed by atoms with van der Waals surface area (Å²) in [5, 5.41) is 3.16. The summed E-state index contributed by atoms with van der Waals surface area (Å²) < 4.78 is 0. The van der Waals surface area contributed by atoms with Crippen LogP contribution in [0.3, 0.4) is 0 Å². The Morgan fingerprint density at radius 3 is 1.92 bits per heavy atom. The van der Waals surface area contributed by atoms with Crippen LogP contribution in [-0.4, -0.2) is 36.3 Å². The van der Waals surface area contributed by atoms with Crippen LogP contribution in [0.5, 0.6) is 0 Å². The Hall–Kier alpha value is -2.66. The van der Waals surface area contributed by atoms with Crippen molar-refractivity contribution in [1.29, 1.82) is 0 Å². The zero-order valence-corrected chi connectivity index (χ0v) is 14.8. The van der Waals surface area contributed by atoms with Gasteiger partial charge in [0, 0.05) is 5.92 Å². The number of benzene rings is 2. The van der Waals surface area contributed by atoms with Gasteiger partial charge in [-0.15, -0.1) is 0 Å². The van der Waals surface area contributed by atoms with E-state index in [1.54, 1.807) is 0 Å². The molecule has 0 atom stereocenters. The third-order valence-corrected chi connectivity index (χ3v) is 4.93. The molecular formula is C21H25N3O2. The first-order valence-electron chi connectivity index (χ1n) is 9.04. The number of hydrogen-bond donors (Lipinski definition) is 2. The Balaban J connectivity index is 1.64. The van der Waals surface area contributed by atoms with Crippen LogP contribution >= 0.6 is 0 Å². The normalized spacial score (nSPS) is 15.7. The van der Waals surface area contributed by atoms with Gasteiger partial charge >= 0.3 is 0 Å². The van der Waals surface area contributed by atoms with Crippen LogP contribution in [0.15, 0.2) is 60.7 Å². The predicted octanol–water partition coefficient (Wildman–Crippen LogP) is 2.09. The second-order valence-corrected chi connectivity index (χ2v) is 6.77. The molecule has 5 heteroatoms. The summed E-state index contributed by atoms with van der Waals surface area (Å²) >= 11 is 0. The maximum absolute atomic E-state index is 12.6. The van der Waals surface area contributed by atoms with Gasteiger partial charge in [0.05, 0.1) is 12.6 Å². The molecule has 3 rings (SSSR count). The van der Waals surface area contributed by atoms with Gasteiger partial charge in [-0.1, -0.05) is 60.7 Å². The first kappa shape index (κ1) is 18.1. The van der Waals surface area contributed by atoms with E-state index >= 15 is 0 Å². The van der Waals surface area contributed by atoms with Crippen LogP contribution in [0, 0.1) is 5.92 Å². The van der Waals surface area contributed by atoms with Gasteiger partial charge in [0.25, 0.3) is 0 Å². The smallest absolute Gasteiger partial charge is 0.234 e. The molecule has 2 amide bonds. The minimum atomic E-state index is -0.234. The molecule has 1 aliphatic rings. The summed E-state index contributed by atoms with van der Waals surface area (Å²) in [5.41, 5.74) is 7.48. The standard InChI is InChI=1S/C21H25N3O2/c22-21(26)18-11-13-24(14-12-18)15-19(25)23-20(16-7-3-1-4-8-16)17-9-5-2-6-10-17/h1-10,18,20H,11-15H2,(H2,22,26)(H,23,25). The summed E-state index contributed by atoms with van der Waals surface area (Å²) in [6.07, 6.45) is 1.45. The molecule has 0 saturated carbocycles. The van der Waals surface area contributed by atoms with Crippen molar-refractivity contribution in [2.75, 3.05) is 19.6 Å². The summed E-state index contributed by atoms with van der Waals surface area (Å²) in [7, 11) is 0. The van der Waals surface area contributed by atoms with Gasteiger partial charge in [-0.2, -0.15) is 0 Å². The van der Waals surface area contributed by atoms with Crippen LogP contribution in [0.25, 0.3) is 0 Å². The third kappa shape index (κ3) is 4.70. The first-order valence-corrected chi connectivity index (χ1v) is 9.04. The Kier molecular flexibility index (Phi) is 6.02. The molecule has 0 unspecified atom stereocenters. The number of nitrogens with one attached hydrogen (secondary N) is 1. The number of hydrogen-bond acceptors (Lipinski definition) is 3. The molecule has 0 aliphatic carbocycles. The van der Waals surface area contributed by atoms with Gasteiger partial charge in [0.15, 0.2) is 0 Å². The number of primary amides is 1. The molecule has 136 valence electrons. The predicted molar refractivity (Wildman–Crippen MR) is 101 cm³/mol. The van der Waals surface area contributed by atoms with E-state index in [2.05, 4.69) is 10.2 Å². The number of nitrogens with two attached hydrogens (primary N) is 1. The molecular weight excluding hydrogens is 326 g/mol. The Bertz CT molecular complexity index is 686. The lowest BCUT2D eigenvalue weighted by Gasteiger charge is -2.30. The van der Waals surface area contributed by atoms with Crippen molar-refractivity contribution in [3.63, 3.8) is 0 Å². The number of piperidine rings is 1. The van der Waals surface area contributed by atoms with E-state index < -0.39 is 0 Å². The highest BCUT2D eigenvalue weighted by Crippen LogP contribution is 2.22. The minimum absolute atomic E-state index is 0.0137. The number of carbonyl (C=O) groups is 2. The van der Waals surface area contributed by atoms with Gasteiger partial charge in [0.2, 0.25) is 11.8 Å². The first-order chi connectivity index (χ1) is 12.6. The van der Waals surface area contributed by atoms with Gasteiger partial charge in [-0.05, 0) is 37.1 Å². The van der Waals surface area contributed by atoms with Gasteiger partial charge in [-0.3, -0.25) is 14.5 Å². The lowest BCUT2D eigenvalue weighted by molar-refractivity contribution is -0.124. The largest absolute Gasteiger partial charge is 0.369 e. The molecule has 0 radical (unpaired) electrons. The Morgan fingerprint density at radius 1 is 0.962 bits per heavy atom. The minimum Gasteiger partial charge on any atom is -0.369 e. The quantitative estimate of drug-likeness (QED) is 0.837. The van der Waals surface area contributed by atoms with E-state index in [1.165, 1.54) is 0 Å². The topological polar surface area (TPSA) is 75.4 Å². The second kappa shape index (κ2) is 8.63. The van der Waals surface area contributed by atoms with Crippen LogP contribution in [0.4, 0.5) is 0 Å². The van der Waals surface area contributed by atoms with Gasteiger partial charge in [-0.25, -0.2) is 0 Å². The van der Waals surface area contributed by atoms with Crippen molar-refractivity contribution < 1.29 is 9.59 Å². The molecule has 2 aromatic rings. The highest BCUT2D eigenvalue weighted by atomic mass is 16.2.